The lowest BCUT2D eigenvalue weighted by atomic mass is 10.2. The van der Waals surface area contributed by atoms with Crippen LogP contribution in [0.15, 0.2) is 93.8 Å². The van der Waals surface area contributed by atoms with E-state index in [1.165, 1.54) is 11.4 Å². The van der Waals surface area contributed by atoms with E-state index in [2.05, 4.69) is 163 Å². The highest BCUT2D eigenvalue weighted by Gasteiger charge is 2.16. The zero-order chi connectivity index (χ0) is 30.6. The van der Waals surface area contributed by atoms with Gasteiger partial charge >= 0.3 is 11.9 Å². The molecule has 2 aromatic heterocycles. The van der Waals surface area contributed by atoms with Crippen LogP contribution in [0.4, 0.5) is 34.6 Å². The van der Waals surface area contributed by atoms with E-state index in [1.54, 1.807) is 0 Å². The number of nitrogens with zero attached hydrogens (tertiary/aromatic N) is 10. The number of imidazole rings is 2. The van der Waals surface area contributed by atoms with Crippen molar-refractivity contribution in [3.8, 4) is 0 Å². The van der Waals surface area contributed by atoms with Crippen molar-refractivity contribution in [3.63, 3.8) is 0 Å². The van der Waals surface area contributed by atoms with Crippen molar-refractivity contribution in [2.45, 2.75) is 74.1 Å². The first kappa shape index (κ1) is 31.6. The van der Waals surface area contributed by atoms with Crippen LogP contribution in [0, 0.1) is 0 Å². The molecular formula is C33H48N10+2. The van der Waals surface area contributed by atoms with Gasteiger partial charge in [0.1, 0.15) is 11.4 Å². The van der Waals surface area contributed by atoms with E-state index in [0.29, 0.717) is 0 Å². The maximum atomic E-state index is 4.54. The van der Waals surface area contributed by atoms with Gasteiger partial charge < -0.3 is 9.80 Å². The van der Waals surface area contributed by atoms with E-state index in [9.17, 15) is 0 Å². The molecule has 43 heavy (non-hydrogen) atoms. The Bertz CT molecular complexity index is 1310. The summed E-state index contributed by atoms with van der Waals surface area (Å²) in [5.41, 5.74) is 4.13. The van der Waals surface area contributed by atoms with Gasteiger partial charge in [-0.3, -0.25) is 0 Å². The summed E-state index contributed by atoms with van der Waals surface area (Å²) in [7, 11) is 0. The molecule has 228 valence electrons. The number of anilines is 2. The first-order chi connectivity index (χ1) is 21.0. The molecule has 0 saturated heterocycles. The molecule has 10 heteroatoms. The second-order valence-corrected chi connectivity index (χ2v) is 10.3. The molecule has 0 atom stereocenters. The van der Waals surface area contributed by atoms with Crippen LogP contribution in [0.5, 0.6) is 0 Å². The highest BCUT2D eigenvalue weighted by atomic mass is 15.3. The third kappa shape index (κ3) is 7.94. The molecule has 0 amide bonds. The molecule has 0 aliphatic carbocycles. The summed E-state index contributed by atoms with van der Waals surface area (Å²) in [6.45, 7) is 20.2. The zero-order valence-corrected chi connectivity index (χ0v) is 26.8. The predicted octanol–water partition coefficient (Wildman–Crippen LogP) is 7.52. The van der Waals surface area contributed by atoms with E-state index in [-0.39, 0.29) is 0 Å². The Hall–Kier alpha value is -4.34. The molecule has 10 nitrogen and oxygen atoms in total. The lowest BCUT2D eigenvalue weighted by molar-refractivity contribution is -0.680. The summed E-state index contributed by atoms with van der Waals surface area (Å²) < 4.78 is 8.42. The van der Waals surface area contributed by atoms with Gasteiger partial charge in [-0.15, -0.1) is 0 Å². The normalized spacial score (nSPS) is 11.7. The minimum Gasteiger partial charge on any atom is -0.372 e. The number of hydrogen-bond donors (Lipinski definition) is 0. The van der Waals surface area contributed by atoms with E-state index < -0.39 is 0 Å². The molecular weight excluding hydrogens is 536 g/mol. The Morgan fingerprint density at radius 1 is 0.558 bits per heavy atom. The molecule has 4 rings (SSSR count). The Kier molecular flexibility index (Phi) is 11.6. The monoisotopic (exact) mass is 584 g/mol. The van der Waals surface area contributed by atoms with Gasteiger partial charge in [-0.1, -0.05) is 10.2 Å². The summed E-state index contributed by atoms with van der Waals surface area (Å²) in [4.78, 5) is 4.83. The van der Waals surface area contributed by atoms with Crippen molar-refractivity contribution < 1.29 is 9.13 Å². The number of rotatable bonds is 16. The first-order valence-corrected chi connectivity index (χ1v) is 15.8. The smallest absolute Gasteiger partial charge is 0.372 e. The summed E-state index contributed by atoms with van der Waals surface area (Å²) in [5.74, 6) is 1.74. The minimum atomic E-state index is 0.857. The van der Waals surface area contributed by atoms with Gasteiger partial charge in [-0.25, -0.2) is 18.3 Å². The molecule has 0 aliphatic heterocycles. The number of azo groups is 2. The Balaban J connectivity index is 1.32. The van der Waals surface area contributed by atoms with E-state index in [1.807, 2.05) is 0 Å². The second-order valence-electron chi connectivity index (χ2n) is 10.3. The van der Waals surface area contributed by atoms with Crippen LogP contribution in [0.2, 0.25) is 0 Å². The molecule has 0 aliphatic rings. The van der Waals surface area contributed by atoms with Crippen molar-refractivity contribution in [2.24, 2.45) is 20.5 Å². The molecule has 2 aromatic carbocycles. The molecule has 0 N–H and O–H groups in total. The van der Waals surface area contributed by atoms with Gasteiger partial charge in [-0.05, 0) is 96.5 Å². The molecule has 0 spiro atoms. The first-order valence-electron chi connectivity index (χ1n) is 15.8. The highest BCUT2D eigenvalue weighted by Crippen LogP contribution is 2.24. The van der Waals surface area contributed by atoms with Crippen LogP contribution in [0.25, 0.3) is 0 Å². The molecule has 2 heterocycles. The van der Waals surface area contributed by atoms with Crippen LogP contribution in [-0.4, -0.2) is 35.3 Å². The van der Waals surface area contributed by atoms with E-state index in [0.717, 1.165) is 82.1 Å². The van der Waals surface area contributed by atoms with Crippen molar-refractivity contribution in [1.82, 2.24) is 9.13 Å². The summed E-state index contributed by atoms with van der Waals surface area (Å²) in [6.07, 6.45) is 9.26. The fraction of sp³-hybridized carbons (Fsp3) is 0.455. The molecule has 0 bridgehead atoms. The van der Waals surface area contributed by atoms with Gasteiger partial charge in [0, 0.05) is 47.8 Å². The van der Waals surface area contributed by atoms with Gasteiger partial charge in [-0.2, -0.15) is 0 Å². The van der Waals surface area contributed by atoms with Gasteiger partial charge in [0.05, 0.1) is 51.0 Å². The fourth-order valence-corrected chi connectivity index (χ4v) is 5.19. The molecule has 0 unspecified atom stereocenters. The third-order valence-corrected chi connectivity index (χ3v) is 7.80. The zero-order valence-electron chi connectivity index (χ0n) is 26.8. The number of aromatic nitrogens is 4. The van der Waals surface area contributed by atoms with Crippen LogP contribution in [-0.2, 0) is 26.2 Å². The molecule has 4 aromatic rings. The van der Waals surface area contributed by atoms with E-state index >= 15 is 0 Å². The Morgan fingerprint density at radius 3 is 1.28 bits per heavy atom. The van der Waals surface area contributed by atoms with Gasteiger partial charge in [0.25, 0.3) is 0 Å². The van der Waals surface area contributed by atoms with Crippen molar-refractivity contribution >= 4 is 34.6 Å². The highest BCUT2D eigenvalue weighted by molar-refractivity contribution is 5.54. The standard InChI is InChI=1S/C33H48N10/c1-7-38(30-18-14-28(15-19-30)34-36-32-40(9-3)24-25-41(32)10-4)22-13-23-39(8-2)31-20-16-29(17-21-31)35-37-33-42(11-5)26-27-43(33)12-6/h14-21,24-27H,7-13,22-23H2,1-6H3/q+2. The van der Waals surface area contributed by atoms with Crippen LogP contribution in [0.1, 0.15) is 48.0 Å². The SMILES string of the molecule is CCN(CCCN(CC)c1ccc(N=Nc2n(CC)cc[n+]2CC)cc1)c1ccc(N=Nc2n(CC)cc[n+]2CC)cc1. The van der Waals surface area contributed by atoms with Crippen molar-refractivity contribution in [2.75, 3.05) is 36.0 Å². The summed E-state index contributed by atoms with van der Waals surface area (Å²) in [5, 5.41) is 18.1. The maximum absolute atomic E-state index is 4.54. The van der Waals surface area contributed by atoms with Crippen molar-refractivity contribution in [1.29, 1.82) is 0 Å². The minimum absolute atomic E-state index is 0.857. The lowest BCUT2D eigenvalue weighted by Crippen LogP contribution is -2.30. The Labute approximate surface area is 256 Å². The van der Waals surface area contributed by atoms with Gasteiger partial charge in [0.15, 0.2) is 0 Å². The lowest BCUT2D eigenvalue weighted by Gasteiger charge is -2.27. The van der Waals surface area contributed by atoms with E-state index in [4.69, 9.17) is 0 Å². The molecule has 0 saturated carbocycles. The van der Waals surface area contributed by atoms with Crippen LogP contribution < -0.4 is 18.9 Å². The van der Waals surface area contributed by atoms with Crippen molar-refractivity contribution in [3.05, 3.63) is 73.3 Å². The third-order valence-electron chi connectivity index (χ3n) is 7.80. The predicted molar refractivity (Wildman–Crippen MR) is 174 cm³/mol. The maximum Gasteiger partial charge on any atom is 0.421 e. The summed E-state index contributed by atoms with van der Waals surface area (Å²) in [6, 6.07) is 16.8. The summed E-state index contributed by atoms with van der Waals surface area (Å²) >= 11 is 0. The average Bonchev–Trinajstić information content (AvgIpc) is 3.66. The number of hydrogen-bond acceptors (Lipinski definition) is 6. The quantitative estimate of drug-likeness (QED) is 0.101. The molecule has 0 fully saturated rings. The average molecular weight is 585 g/mol. The second kappa shape index (κ2) is 15.8. The number of aryl methyl sites for hydroxylation is 4. The van der Waals surface area contributed by atoms with Crippen LogP contribution in [0.3, 0.4) is 0 Å². The fourth-order valence-electron chi connectivity index (χ4n) is 5.19. The largest absolute Gasteiger partial charge is 0.421 e. The van der Waals surface area contributed by atoms with Gasteiger partial charge in [0.2, 0.25) is 0 Å². The topological polar surface area (TPSA) is 73.5 Å². The number of benzene rings is 2. The Morgan fingerprint density at radius 2 is 0.953 bits per heavy atom. The van der Waals surface area contributed by atoms with Crippen LogP contribution >= 0.6 is 0 Å². The molecule has 0 radical (unpaired) electrons.